The normalized spacial score (nSPS) is 11.4. The molecule has 1 amide bonds. The van der Waals surface area contributed by atoms with Crippen LogP contribution in [0.4, 0.5) is 5.13 Å². The number of anilines is 1. The van der Waals surface area contributed by atoms with E-state index in [9.17, 15) is 4.79 Å². The number of amides is 1. The first-order valence-corrected chi connectivity index (χ1v) is 12.0. The second kappa shape index (κ2) is 8.71. The molecular weight excluding hydrogens is 444 g/mol. The summed E-state index contributed by atoms with van der Waals surface area (Å²) in [6.07, 6.45) is 0. The molecule has 0 aliphatic rings. The number of hydrogen-bond donors (Lipinski definition) is 1. The van der Waals surface area contributed by atoms with Crippen LogP contribution in [0.2, 0.25) is 0 Å². The largest absolute Gasteiger partial charge is 0.494 e. The zero-order chi connectivity index (χ0) is 22.1. The molecule has 0 aliphatic heterocycles. The molecule has 0 spiro atoms. The monoisotopic (exact) mass is 464 g/mol. The van der Waals surface area contributed by atoms with Gasteiger partial charge in [0.25, 0.3) is 0 Å². The van der Waals surface area contributed by atoms with Crippen LogP contribution in [0.25, 0.3) is 32.3 Å². The zero-order valence-corrected chi connectivity index (χ0v) is 19.2. The van der Waals surface area contributed by atoms with Crippen LogP contribution in [0, 0.1) is 0 Å². The van der Waals surface area contributed by atoms with Crippen molar-refractivity contribution < 1.29 is 9.53 Å². The number of ether oxygens (including phenoxy) is 1. The van der Waals surface area contributed by atoms with Gasteiger partial charge in [0, 0.05) is 11.9 Å². The molecule has 0 fully saturated rings. The first-order chi connectivity index (χ1) is 15.7. The fraction of sp³-hybridized carbons (Fsp3) is 0.227. The zero-order valence-electron chi connectivity index (χ0n) is 17.5. The van der Waals surface area contributed by atoms with E-state index in [4.69, 9.17) is 4.74 Å². The molecule has 5 aromatic rings. The number of nitrogens with one attached hydrogen (secondary N) is 1. The van der Waals surface area contributed by atoms with Crippen molar-refractivity contribution in [2.45, 2.75) is 25.5 Å². The third kappa shape index (κ3) is 3.87. The van der Waals surface area contributed by atoms with Crippen LogP contribution < -0.4 is 10.1 Å². The number of fused-ring (bicyclic) bond motifs is 4. The SMILES string of the molecule is CCOc1ccc2nc(NC(=O)CSc3nnc4c5ccccc5n(CC)c4n3)sc2c1. The van der Waals surface area contributed by atoms with Gasteiger partial charge < -0.3 is 14.6 Å². The molecule has 5 rings (SSSR count). The summed E-state index contributed by atoms with van der Waals surface area (Å²) in [7, 11) is 0. The van der Waals surface area contributed by atoms with Gasteiger partial charge in [-0.1, -0.05) is 41.3 Å². The van der Waals surface area contributed by atoms with Crippen LogP contribution in [0.3, 0.4) is 0 Å². The van der Waals surface area contributed by atoms with E-state index in [1.54, 1.807) is 0 Å². The second-order valence-corrected chi connectivity index (χ2v) is 8.92. The Morgan fingerprint density at radius 3 is 2.88 bits per heavy atom. The highest BCUT2D eigenvalue weighted by molar-refractivity contribution is 7.99. The highest BCUT2D eigenvalue weighted by Gasteiger charge is 2.15. The fourth-order valence-corrected chi connectivity index (χ4v) is 5.06. The third-order valence-corrected chi connectivity index (χ3v) is 6.69. The van der Waals surface area contributed by atoms with E-state index in [1.807, 2.05) is 43.3 Å². The molecule has 2 aromatic carbocycles. The number of aryl methyl sites for hydroxylation is 1. The molecule has 0 radical (unpaired) electrons. The Morgan fingerprint density at radius 1 is 1.16 bits per heavy atom. The molecule has 10 heteroatoms. The Morgan fingerprint density at radius 2 is 2.03 bits per heavy atom. The first kappa shape index (κ1) is 20.7. The number of rotatable bonds is 7. The molecular formula is C22H20N6O2S2. The summed E-state index contributed by atoms with van der Waals surface area (Å²) in [5.74, 6) is 0.792. The van der Waals surface area contributed by atoms with E-state index >= 15 is 0 Å². The fourth-order valence-electron chi connectivity index (χ4n) is 3.57. The quantitative estimate of drug-likeness (QED) is 0.348. The van der Waals surface area contributed by atoms with E-state index in [-0.39, 0.29) is 11.7 Å². The van der Waals surface area contributed by atoms with Gasteiger partial charge in [-0.15, -0.1) is 10.2 Å². The Balaban J connectivity index is 1.30. The number of para-hydroxylation sites is 1. The Hall–Kier alpha value is -3.24. The van der Waals surface area contributed by atoms with Crippen molar-refractivity contribution >= 4 is 66.4 Å². The lowest BCUT2D eigenvalue weighted by Gasteiger charge is -2.03. The van der Waals surface area contributed by atoms with Gasteiger partial charge in [-0.2, -0.15) is 0 Å². The van der Waals surface area contributed by atoms with Gasteiger partial charge in [0.1, 0.15) is 11.3 Å². The predicted molar refractivity (Wildman–Crippen MR) is 129 cm³/mol. The van der Waals surface area contributed by atoms with Crippen molar-refractivity contribution in [3.05, 3.63) is 42.5 Å². The minimum Gasteiger partial charge on any atom is -0.494 e. The Bertz CT molecular complexity index is 1440. The molecule has 0 unspecified atom stereocenters. The number of thioether (sulfide) groups is 1. The third-order valence-electron chi connectivity index (χ3n) is 4.92. The summed E-state index contributed by atoms with van der Waals surface area (Å²) in [5, 5.41) is 13.5. The van der Waals surface area contributed by atoms with E-state index in [2.05, 4.69) is 43.0 Å². The van der Waals surface area contributed by atoms with Crippen LogP contribution in [-0.4, -0.2) is 43.0 Å². The highest BCUT2D eigenvalue weighted by atomic mass is 32.2. The van der Waals surface area contributed by atoms with Gasteiger partial charge in [0.05, 0.1) is 28.1 Å². The van der Waals surface area contributed by atoms with Gasteiger partial charge >= 0.3 is 0 Å². The molecule has 0 aliphatic carbocycles. The average Bonchev–Trinajstić information content (AvgIpc) is 3.35. The molecule has 162 valence electrons. The van der Waals surface area contributed by atoms with Crippen molar-refractivity contribution in [1.82, 2.24) is 24.7 Å². The molecule has 0 atom stereocenters. The van der Waals surface area contributed by atoms with Gasteiger partial charge in [-0.05, 0) is 38.1 Å². The molecule has 3 aromatic heterocycles. The standard InChI is InChI=1S/C22H20N6O2S2/c1-3-28-16-8-6-5-7-14(16)19-20(28)25-22(27-26-19)31-12-18(29)24-21-23-15-10-9-13(30-4-2)11-17(15)32-21/h5-11H,3-4,12H2,1-2H3,(H,23,24,29). The van der Waals surface area contributed by atoms with Crippen molar-refractivity contribution in [2.24, 2.45) is 0 Å². The topological polar surface area (TPSA) is 94.8 Å². The number of hydrogen-bond acceptors (Lipinski definition) is 8. The van der Waals surface area contributed by atoms with E-state index < -0.39 is 0 Å². The summed E-state index contributed by atoms with van der Waals surface area (Å²) in [4.78, 5) is 21.6. The minimum atomic E-state index is -0.168. The summed E-state index contributed by atoms with van der Waals surface area (Å²) >= 11 is 2.67. The second-order valence-electron chi connectivity index (χ2n) is 6.95. The molecule has 0 bridgehead atoms. The number of carbonyl (C=O) groups is 1. The molecule has 3 heterocycles. The summed E-state index contributed by atoms with van der Waals surface area (Å²) in [6.45, 7) is 5.39. The van der Waals surface area contributed by atoms with Crippen LogP contribution >= 0.6 is 23.1 Å². The summed E-state index contributed by atoms with van der Waals surface area (Å²) in [6, 6.07) is 13.8. The minimum absolute atomic E-state index is 0.166. The van der Waals surface area contributed by atoms with Crippen LogP contribution in [0.1, 0.15) is 13.8 Å². The van der Waals surface area contributed by atoms with Crippen molar-refractivity contribution in [3.63, 3.8) is 0 Å². The number of thiazole rings is 1. The van der Waals surface area contributed by atoms with Gasteiger partial charge in [0.15, 0.2) is 10.8 Å². The van der Waals surface area contributed by atoms with E-state index in [0.717, 1.165) is 44.6 Å². The van der Waals surface area contributed by atoms with Crippen molar-refractivity contribution in [1.29, 1.82) is 0 Å². The summed E-state index contributed by atoms with van der Waals surface area (Å²) < 4.78 is 8.60. The van der Waals surface area contributed by atoms with Gasteiger partial charge in [-0.3, -0.25) is 4.79 Å². The Kier molecular flexibility index (Phi) is 5.62. The number of carbonyl (C=O) groups excluding carboxylic acids is 1. The van der Waals surface area contributed by atoms with Crippen molar-refractivity contribution in [2.75, 3.05) is 17.7 Å². The number of nitrogens with zero attached hydrogens (tertiary/aromatic N) is 5. The van der Waals surface area contributed by atoms with E-state index in [0.29, 0.717) is 16.9 Å². The maximum absolute atomic E-state index is 12.5. The van der Waals surface area contributed by atoms with Crippen LogP contribution in [0.15, 0.2) is 47.6 Å². The predicted octanol–water partition coefficient (Wildman–Crippen LogP) is 4.74. The lowest BCUT2D eigenvalue weighted by atomic mass is 10.2. The first-order valence-electron chi connectivity index (χ1n) is 10.2. The number of aromatic nitrogens is 5. The van der Waals surface area contributed by atoms with Gasteiger partial charge in [0.2, 0.25) is 11.1 Å². The smallest absolute Gasteiger partial charge is 0.236 e. The summed E-state index contributed by atoms with van der Waals surface area (Å²) in [5.41, 5.74) is 3.46. The maximum atomic E-state index is 12.5. The highest BCUT2D eigenvalue weighted by Crippen LogP contribution is 2.30. The van der Waals surface area contributed by atoms with Crippen LogP contribution in [0.5, 0.6) is 5.75 Å². The van der Waals surface area contributed by atoms with Crippen LogP contribution in [-0.2, 0) is 11.3 Å². The lowest BCUT2D eigenvalue weighted by molar-refractivity contribution is -0.113. The molecule has 32 heavy (non-hydrogen) atoms. The maximum Gasteiger partial charge on any atom is 0.236 e. The van der Waals surface area contributed by atoms with E-state index in [1.165, 1.54) is 23.1 Å². The Labute approximate surface area is 192 Å². The average molecular weight is 465 g/mol. The lowest BCUT2D eigenvalue weighted by Crippen LogP contribution is -2.14. The molecule has 0 saturated carbocycles. The molecule has 8 nitrogen and oxygen atoms in total. The van der Waals surface area contributed by atoms with Gasteiger partial charge in [-0.25, -0.2) is 9.97 Å². The van der Waals surface area contributed by atoms with Crippen molar-refractivity contribution in [3.8, 4) is 5.75 Å². The molecule has 0 saturated heterocycles. The number of benzene rings is 2. The molecule has 1 N–H and O–H groups in total.